The number of likely N-dealkylation sites (tertiary alicyclic amines) is 1. The van der Waals surface area contributed by atoms with Gasteiger partial charge in [-0.05, 0) is 46.5 Å². The number of H-pyrrole nitrogens is 1. The molecule has 3 aromatic heterocycles. The fraction of sp³-hybridized carbons (Fsp3) is 0.609. The van der Waals surface area contributed by atoms with Crippen LogP contribution in [0.3, 0.4) is 0 Å². The number of amides is 1. The molecule has 176 valence electrons. The first-order chi connectivity index (χ1) is 15.8. The molecule has 0 aromatic carbocycles. The first-order valence-electron chi connectivity index (χ1n) is 11.7. The Morgan fingerprint density at radius 1 is 1.15 bits per heavy atom. The van der Waals surface area contributed by atoms with Gasteiger partial charge in [-0.3, -0.25) is 4.79 Å². The summed E-state index contributed by atoms with van der Waals surface area (Å²) in [6.45, 7) is 6.72. The van der Waals surface area contributed by atoms with Crippen molar-refractivity contribution in [2.75, 3.05) is 13.1 Å². The molecular weight excluding hydrogens is 424 g/mol. The summed E-state index contributed by atoms with van der Waals surface area (Å²) in [6, 6.07) is 1.60. The Morgan fingerprint density at radius 2 is 1.88 bits per heavy atom. The SMILES string of the molecule is CC(C)(C)OC(=O)N1CCC(c2cc(=O)[nH]c3c(-c4noc(C5CCCC5)n4)cnn23)CC1. The molecule has 2 fully saturated rings. The molecule has 2 aliphatic rings. The summed E-state index contributed by atoms with van der Waals surface area (Å²) in [7, 11) is 0. The van der Waals surface area contributed by atoms with E-state index in [-0.39, 0.29) is 17.6 Å². The van der Waals surface area contributed by atoms with Crippen molar-refractivity contribution in [3.63, 3.8) is 0 Å². The number of aromatic amines is 1. The molecule has 33 heavy (non-hydrogen) atoms. The topological polar surface area (TPSA) is 119 Å². The van der Waals surface area contributed by atoms with Crippen LogP contribution < -0.4 is 5.56 Å². The summed E-state index contributed by atoms with van der Waals surface area (Å²) in [4.78, 5) is 34.1. The van der Waals surface area contributed by atoms with Crippen LogP contribution in [0.25, 0.3) is 17.0 Å². The van der Waals surface area contributed by atoms with E-state index in [4.69, 9.17) is 9.26 Å². The predicted molar refractivity (Wildman–Crippen MR) is 120 cm³/mol. The highest BCUT2D eigenvalue weighted by Crippen LogP contribution is 2.35. The molecule has 10 nitrogen and oxygen atoms in total. The Balaban J connectivity index is 1.38. The zero-order valence-corrected chi connectivity index (χ0v) is 19.3. The van der Waals surface area contributed by atoms with Gasteiger partial charge in [-0.15, -0.1) is 0 Å². The first-order valence-corrected chi connectivity index (χ1v) is 11.7. The summed E-state index contributed by atoms with van der Waals surface area (Å²) in [5.74, 6) is 1.52. The van der Waals surface area contributed by atoms with Crippen molar-refractivity contribution < 1.29 is 14.1 Å². The second kappa shape index (κ2) is 8.31. The van der Waals surface area contributed by atoms with Crippen LogP contribution in [-0.4, -0.2) is 54.4 Å². The minimum Gasteiger partial charge on any atom is -0.444 e. The van der Waals surface area contributed by atoms with E-state index in [1.165, 1.54) is 12.8 Å². The quantitative estimate of drug-likeness (QED) is 0.638. The molecule has 1 N–H and O–H groups in total. The summed E-state index contributed by atoms with van der Waals surface area (Å²) in [5, 5.41) is 8.70. The van der Waals surface area contributed by atoms with Crippen LogP contribution in [0.2, 0.25) is 0 Å². The second-order valence-electron chi connectivity index (χ2n) is 10.1. The van der Waals surface area contributed by atoms with Gasteiger partial charge >= 0.3 is 6.09 Å². The largest absolute Gasteiger partial charge is 0.444 e. The summed E-state index contributed by atoms with van der Waals surface area (Å²) >= 11 is 0. The number of nitrogens with one attached hydrogen (secondary N) is 1. The van der Waals surface area contributed by atoms with Gasteiger partial charge in [0.2, 0.25) is 11.7 Å². The number of fused-ring (bicyclic) bond motifs is 1. The van der Waals surface area contributed by atoms with Gasteiger partial charge in [0.25, 0.3) is 5.56 Å². The lowest BCUT2D eigenvalue weighted by Gasteiger charge is -2.33. The lowest BCUT2D eigenvalue weighted by molar-refractivity contribution is 0.0203. The molecule has 1 amide bonds. The molecule has 4 heterocycles. The number of piperidine rings is 1. The van der Waals surface area contributed by atoms with E-state index in [2.05, 4.69) is 20.2 Å². The normalized spacial score (nSPS) is 18.3. The predicted octanol–water partition coefficient (Wildman–Crippen LogP) is 3.84. The monoisotopic (exact) mass is 454 g/mol. The van der Waals surface area contributed by atoms with Crippen molar-refractivity contribution in [1.82, 2.24) is 29.6 Å². The number of hydrogen-bond acceptors (Lipinski definition) is 7. The van der Waals surface area contributed by atoms with E-state index in [0.29, 0.717) is 41.9 Å². The van der Waals surface area contributed by atoms with E-state index in [0.717, 1.165) is 31.4 Å². The second-order valence-corrected chi connectivity index (χ2v) is 10.1. The molecule has 1 aliphatic carbocycles. The van der Waals surface area contributed by atoms with Crippen molar-refractivity contribution in [1.29, 1.82) is 0 Å². The Morgan fingerprint density at radius 3 is 2.58 bits per heavy atom. The van der Waals surface area contributed by atoms with Crippen LogP contribution in [0.1, 0.15) is 82.7 Å². The number of hydrogen-bond donors (Lipinski definition) is 1. The third-order valence-electron chi connectivity index (χ3n) is 6.49. The number of aromatic nitrogens is 5. The van der Waals surface area contributed by atoms with Crippen LogP contribution in [0.5, 0.6) is 0 Å². The van der Waals surface area contributed by atoms with Gasteiger partial charge in [0.1, 0.15) is 11.2 Å². The Kier molecular flexibility index (Phi) is 5.46. The molecule has 0 radical (unpaired) electrons. The van der Waals surface area contributed by atoms with Gasteiger partial charge in [0, 0.05) is 31.0 Å². The molecule has 1 saturated carbocycles. The van der Waals surface area contributed by atoms with Gasteiger partial charge in [-0.2, -0.15) is 10.1 Å². The third-order valence-corrected chi connectivity index (χ3v) is 6.49. The maximum absolute atomic E-state index is 12.5. The van der Waals surface area contributed by atoms with Gasteiger partial charge in [0.05, 0.1) is 17.5 Å². The van der Waals surface area contributed by atoms with Crippen molar-refractivity contribution in [2.45, 2.75) is 76.7 Å². The lowest BCUT2D eigenvalue weighted by atomic mass is 9.93. The minimum atomic E-state index is -0.523. The van der Waals surface area contributed by atoms with Crippen molar-refractivity contribution in [3.8, 4) is 11.4 Å². The van der Waals surface area contributed by atoms with E-state index < -0.39 is 5.60 Å². The highest BCUT2D eigenvalue weighted by molar-refractivity contribution is 5.72. The Hall–Kier alpha value is -3.17. The summed E-state index contributed by atoms with van der Waals surface area (Å²) < 4.78 is 12.8. The van der Waals surface area contributed by atoms with E-state index in [1.807, 2.05) is 20.8 Å². The van der Waals surface area contributed by atoms with Crippen LogP contribution in [-0.2, 0) is 4.74 Å². The molecular formula is C23H30N6O4. The maximum atomic E-state index is 12.5. The Bertz CT molecular complexity index is 1210. The molecule has 5 rings (SSSR count). The standard InChI is InChI=1S/C23H30N6O4/c1-23(2,3)32-22(31)28-10-8-14(9-11-28)17-12-18(30)25-20-16(13-24-29(17)20)19-26-21(33-27-19)15-6-4-5-7-15/h12-15H,4-11H2,1-3H3,(H,25,30). The zero-order valence-electron chi connectivity index (χ0n) is 19.3. The number of carbonyl (C=O) groups excluding carboxylic acids is 1. The van der Waals surface area contributed by atoms with Gasteiger partial charge < -0.3 is 19.1 Å². The van der Waals surface area contributed by atoms with E-state index in [1.54, 1.807) is 21.7 Å². The average Bonchev–Trinajstić information content (AvgIpc) is 3.51. The van der Waals surface area contributed by atoms with Crippen molar-refractivity contribution in [3.05, 3.63) is 34.2 Å². The number of ether oxygens (including phenoxy) is 1. The molecule has 0 atom stereocenters. The maximum Gasteiger partial charge on any atom is 0.410 e. The first kappa shape index (κ1) is 21.7. The molecule has 1 saturated heterocycles. The number of rotatable bonds is 3. The summed E-state index contributed by atoms with van der Waals surface area (Å²) in [5.41, 5.74) is 1.31. The fourth-order valence-electron chi connectivity index (χ4n) is 4.83. The molecule has 3 aromatic rings. The van der Waals surface area contributed by atoms with Crippen molar-refractivity contribution in [2.24, 2.45) is 0 Å². The minimum absolute atomic E-state index is 0.0977. The third kappa shape index (κ3) is 4.38. The smallest absolute Gasteiger partial charge is 0.410 e. The number of carbonyl (C=O) groups is 1. The van der Waals surface area contributed by atoms with Crippen LogP contribution >= 0.6 is 0 Å². The van der Waals surface area contributed by atoms with Crippen LogP contribution in [0.4, 0.5) is 4.79 Å². The fourth-order valence-corrected chi connectivity index (χ4v) is 4.83. The van der Waals surface area contributed by atoms with Crippen LogP contribution in [0, 0.1) is 0 Å². The summed E-state index contributed by atoms with van der Waals surface area (Å²) in [6.07, 6.45) is 7.33. The number of nitrogens with zero attached hydrogens (tertiary/aromatic N) is 5. The van der Waals surface area contributed by atoms with Crippen LogP contribution in [0.15, 0.2) is 21.6 Å². The molecule has 0 unspecified atom stereocenters. The zero-order chi connectivity index (χ0) is 23.2. The van der Waals surface area contributed by atoms with Gasteiger partial charge in [-0.25, -0.2) is 9.31 Å². The molecule has 1 aliphatic heterocycles. The highest BCUT2D eigenvalue weighted by Gasteiger charge is 2.30. The molecule has 0 spiro atoms. The Labute approximate surface area is 191 Å². The molecule has 10 heteroatoms. The lowest BCUT2D eigenvalue weighted by Crippen LogP contribution is -2.41. The van der Waals surface area contributed by atoms with E-state index >= 15 is 0 Å². The van der Waals surface area contributed by atoms with Gasteiger partial charge in [-0.1, -0.05) is 18.0 Å². The molecule has 0 bridgehead atoms. The van der Waals surface area contributed by atoms with Crippen molar-refractivity contribution >= 4 is 11.7 Å². The van der Waals surface area contributed by atoms with E-state index in [9.17, 15) is 9.59 Å². The van der Waals surface area contributed by atoms with Gasteiger partial charge in [0.15, 0.2) is 0 Å². The average molecular weight is 455 g/mol. The highest BCUT2D eigenvalue weighted by atomic mass is 16.6.